The smallest absolute Gasteiger partial charge is 0.291 e. The minimum Gasteiger partial charge on any atom is -0.396 e. The first-order valence-electron chi connectivity index (χ1n) is 7.26. The molecule has 1 unspecified atom stereocenters. The normalized spacial score (nSPS) is 22.2. The van der Waals surface area contributed by atoms with Gasteiger partial charge in [0.15, 0.2) is 10.8 Å². The zero-order valence-electron chi connectivity index (χ0n) is 13.2. The third-order valence-corrected chi connectivity index (χ3v) is 4.91. The molecule has 23 heavy (non-hydrogen) atoms. The summed E-state index contributed by atoms with van der Waals surface area (Å²) in [7, 11) is 0. The summed E-state index contributed by atoms with van der Waals surface area (Å²) in [6.45, 7) is 6.56. The van der Waals surface area contributed by atoms with Gasteiger partial charge in [0, 0.05) is 5.71 Å². The van der Waals surface area contributed by atoms with Gasteiger partial charge in [0.05, 0.1) is 10.7 Å². The van der Waals surface area contributed by atoms with Crippen LogP contribution < -0.4 is 11.2 Å². The number of rotatable bonds is 2. The maximum Gasteiger partial charge on any atom is 0.291 e. The summed E-state index contributed by atoms with van der Waals surface area (Å²) in [4.78, 5) is 16.1. The molecule has 0 bridgehead atoms. The maximum atomic E-state index is 12.2. The first-order chi connectivity index (χ1) is 10.6. The number of pyridine rings is 1. The summed E-state index contributed by atoms with van der Waals surface area (Å²) in [6, 6.07) is 0. The number of aromatic nitrogens is 1. The van der Waals surface area contributed by atoms with Crippen molar-refractivity contribution in [2.24, 2.45) is 16.4 Å². The molecule has 0 spiro atoms. The average molecular weight is 378 g/mol. The fraction of sp³-hybridized carbons (Fsp3) is 0.533. The van der Waals surface area contributed by atoms with E-state index in [4.69, 9.17) is 40.5 Å². The number of nitrogen functional groups attached to an aromatic ring is 1. The molecule has 1 aromatic heterocycles. The van der Waals surface area contributed by atoms with E-state index in [1.54, 1.807) is 0 Å². The van der Waals surface area contributed by atoms with Gasteiger partial charge in [0.25, 0.3) is 5.91 Å². The van der Waals surface area contributed by atoms with Gasteiger partial charge in [0.1, 0.15) is 5.02 Å². The van der Waals surface area contributed by atoms with Crippen molar-refractivity contribution in [3.63, 3.8) is 0 Å². The second-order valence-electron chi connectivity index (χ2n) is 6.77. The van der Waals surface area contributed by atoms with Crippen molar-refractivity contribution in [1.82, 2.24) is 10.4 Å². The molecule has 0 aliphatic heterocycles. The highest BCUT2D eigenvalue weighted by atomic mass is 35.5. The van der Waals surface area contributed by atoms with Crippen molar-refractivity contribution in [2.75, 3.05) is 5.73 Å². The standard InChI is InChI=1S/C15H19Cl3N4O/c1-7-4-8(6-15(2,3)5-7)21-22-14(23)12-9(16)11(19)10(17)13(18)20-12/h7H,4-6H2,1-3H3,(H2,19,20)(H,22,23)/b21-8+. The largest absolute Gasteiger partial charge is 0.396 e. The van der Waals surface area contributed by atoms with Crippen LogP contribution in [0.25, 0.3) is 0 Å². The minimum absolute atomic E-state index is 0.0264. The van der Waals surface area contributed by atoms with E-state index < -0.39 is 5.91 Å². The van der Waals surface area contributed by atoms with E-state index in [2.05, 4.69) is 36.3 Å². The van der Waals surface area contributed by atoms with Gasteiger partial charge in [0.2, 0.25) is 0 Å². The summed E-state index contributed by atoms with van der Waals surface area (Å²) >= 11 is 17.7. The Labute approximate surface area is 150 Å². The van der Waals surface area contributed by atoms with Crippen LogP contribution in [0.3, 0.4) is 0 Å². The monoisotopic (exact) mass is 376 g/mol. The van der Waals surface area contributed by atoms with Crippen LogP contribution in [0.1, 0.15) is 50.5 Å². The third-order valence-electron chi connectivity index (χ3n) is 3.77. The molecule has 0 aromatic carbocycles. The van der Waals surface area contributed by atoms with Crippen molar-refractivity contribution < 1.29 is 4.79 Å². The van der Waals surface area contributed by atoms with E-state index in [9.17, 15) is 4.79 Å². The molecule has 1 amide bonds. The van der Waals surface area contributed by atoms with Crippen LogP contribution in [-0.4, -0.2) is 16.6 Å². The molecule has 1 aliphatic rings. The maximum absolute atomic E-state index is 12.2. The van der Waals surface area contributed by atoms with E-state index in [0.717, 1.165) is 25.0 Å². The van der Waals surface area contributed by atoms with Gasteiger partial charge in [-0.25, -0.2) is 10.4 Å². The van der Waals surface area contributed by atoms with Crippen molar-refractivity contribution in [1.29, 1.82) is 0 Å². The van der Waals surface area contributed by atoms with Crippen molar-refractivity contribution in [2.45, 2.75) is 40.0 Å². The van der Waals surface area contributed by atoms with Crippen LogP contribution in [0.4, 0.5) is 5.69 Å². The van der Waals surface area contributed by atoms with E-state index in [0.29, 0.717) is 5.92 Å². The molecule has 1 aromatic rings. The molecule has 0 saturated heterocycles. The molecule has 1 heterocycles. The highest BCUT2D eigenvalue weighted by molar-refractivity contribution is 6.46. The van der Waals surface area contributed by atoms with Crippen molar-refractivity contribution in [3.8, 4) is 0 Å². The zero-order chi connectivity index (χ0) is 17.4. The summed E-state index contributed by atoms with van der Waals surface area (Å²) in [6.07, 6.45) is 2.83. The fourth-order valence-electron chi connectivity index (χ4n) is 3.06. The minimum atomic E-state index is -0.566. The second kappa shape index (κ2) is 6.83. The Morgan fingerprint density at radius 3 is 2.61 bits per heavy atom. The van der Waals surface area contributed by atoms with Gasteiger partial charge in [-0.15, -0.1) is 0 Å². The van der Waals surface area contributed by atoms with Gasteiger partial charge >= 0.3 is 0 Å². The predicted octanol–water partition coefficient (Wildman–Crippen LogP) is 4.56. The topological polar surface area (TPSA) is 80.4 Å². The van der Waals surface area contributed by atoms with E-state index in [1.807, 2.05) is 0 Å². The molecule has 3 N–H and O–H groups in total. The van der Waals surface area contributed by atoms with E-state index >= 15 is 0 Å². The van der Waals surface area contributed by atoms with Crippen molar-refractivity contribution in [3.05, 3.63) is 20.9 Å². The lowest BCUT2D eigenvalue weighted by atomic mass is 9.72. The number of nitrogens with one attached hydrogen (secondary N) is 1. The Morgan fingerprint density at radius 1 is 1.35 bits per heavy atom. The Balaban J connectivity index is 2.19. The molecule has 8 heteroatoms. The second-order valence-corrected chi connectivity index (χ2v) is 7.88. The summed E-state index contributed by atoms with van der Waals surface area (Å²) in [5.41, 5.74) is 9.25. The number of hydrogen-bond donors (Lipinski definition) is 2. The molecule has 2 rings (SSSR count). The van der Waals surface area contributed by atoms with Crippen LogP contribution in [0.15, 0.2) is 5.10 Å². The van der Waals surface area contributed by atoms with Crippen molar-refractivity contribution >= 4 is 52.1 Å². The first kappa shape index (κ1) is 18.3. The molecular formula is C15H19Cl3N4O. The Kier molecular flexibility index (Phi) is 5.44. The number of carbonyl (C=O) groups excluding carboxylic acids is 1. The van der Waals surface area contributed by atoms with Gasteiger partial charge in [-0.3, -0.25) is 4.79 Å². The highest BCUT2D eigenvalue weighted by Gasteiger charge is 2.29. The Bertz CT molecular complexity index is 673. The predicted molar refractivity (Wildman–Crippen MR) is 95.4 cm³/mol. The Morgan fingerprint density at radius 2 is 2.00 bits per heavy atom. The lowest BCUT2D eigenvalue weighted by Crippen LogP contribution is -2.30. The third kappa shape index (κ3) is 4.28. The molecule has 1 aliphatic carbocycles. The summed E-state index contributed by atoms with van der Waals surface area (Å²) in [5.74, 6) is -0.0412. The zero-order valence-corrected chi connectivity index (χ0v) is 15.5. The first-order valence-corrected chi connectivity index (χ1v) is 8.40. The molecule has 126 valence electrons. The van der Waals surface area contributed by atoms with Crippen LogP contribution in [0.5, 0.6) is 0 Å². The highest BCUT2D eigenvalue weighted by Crippen LogP contribution is 2.37. The lowest BCUT2D eigenvalue weighted by molar-refractivity contribution is 0.0949. The molecule has 0 radical (unpaired) electrons. The quantitative estimate of drug-likeness (QED) is 0.586. The van der Waals surface area contributed by atoms with Gasteiger partial charge in [-0.1, -0.05) is 55.6 Å². The molecular weight excluding hydrogens is 359 g/mol. The van der Waals surface area contributed by atoms with Crippen LogP contribution in [-0.2, 0) is 0 Å². The fourth-order valence-corrected chi connectivity index (χ4v) is 3.66. The van der Waals surface area contributed by atoms with E-state index in [1.165, 1.54) is 0 Å². The number of nitrogens with two attached hydrogens (primary N) is 1. The Hall–Kier alpha value is -1.04. The van der Waals surface area contributed by atoms with Crippen LogP contribution in [0, 0.1) is 11.3 Å². The molecule has 1 atom stereocenters. The number of hydrogen-bond acceptors (Lipinski definition) is 4. The number of hydrazone groups is 1. The van der Waals surface area contributed by atoms with Crippen LogP contribution in [0.2, 0.25) is 15.2 Å². The number of halogens is 3. The average Bonchev–Trinajstić information content (AvgIpc) is 2.44. The molecule has 1 fully saturated rings. The lowest BCUT2D eigenvalue weighted by Gasteiger charge is -2.34. The summed E-state index contributed by atoms with van der Waals surface area (Å²) in [5, 5.41) is 4.16. The van der Waals surface area contributed by atoms with E-state index in [-0.39, 0.29) is 32.0 Å². The molecule has 1 saturated carbocycles. The van der Waals surface area contributed by atoms with Gasteiger partial charge in [-0.2, -0.15) is 5.10 Å². The number of nitrogens with zero attached hydrogens (tertiary/aromatic N) is 2. The molecule has 5 nitrogen and oxygen atoms in total. The number of anilines is 1. The van der Waals surface area contributed by atoms with Gasteiger partial charge in [-0.05, 0) is 30.6 Å². The van der Waals surface area contributed by atoms with Crippen LogP contribution >= 0.6 is 34.8 Å². The SMILES string of the molecule is CC1C/C(=N\NC(=O)c2nc(Cl)c(Cl)c(N)c2Cl)CC(C)(C)C1. The number of amides is 1. The number of carbonyl (C=O) groups is 1. The summed E-state index contributed by atoms with van der Waals surface area (Å²) < 4.78 is 0. The van der Waals surface area contributed by atoms with Gasteiger partial charge < -0.3 is 5.73 Å².